The molecule has 0 aliphatic heterocycles. The van der Waals surface area contributed by atoms with Crippen molar-refractivity contribution in [3.63, 3.8) is 0 Å². The van der Waals surface area contributed by atoms with E-state index in [0.717, 1.165) is 0 Å². The predicted octanol–water partition coefficient (Wildman–Crippen LogP) is 4.09. The Morgan fingerprint density at radius 2 is 0.941 bits per heavy atom. The average Bonchev–Trinajstić information content (AvgIpc) is 2.71. The molecule has 0 amide bonds. The summed E-state index contributed by atoms with van der Waals surface area (Å²) in [6.45, 7) is 27.6. The molecule has 0 saturated carbocycles. The van der Waals surface area contributed by atoms with Crippen molar-refractivity contribution < 1.29 is 0 Å². The van der Waals surface area contributed by atoms with Crippen molar-refractivity contribution in [1.82, 2.24) is 14.5 Å². The monoisotopic (exact) mass is 461 g/mol. The first-order valence-electron chi connectivity index (χ1n) is 12.6. The maximum atomic E-state index is 4.80. The third-order valence-electron chi connectivity index (χ3n) is 4.61. The molecule has 0 N–H and O–H groups in total. The molecule has 0 atom stereocenters. The Bertz CT molecular complexity index is 655. The molecule has 0 aromatic heterocycles. The summed E-state index contributed by atoms with van der Waals surface area (Å²) < 4.78 is 0. The molecule has 0 bridgehead atoms. The molecule has 0 heterocycles. The fourth-order valence-electron chi connectivity index (χ4n) is 2.87. The van der Waals surface area contributed by atoms with Crippen LogP contribution in [0.5, 0.6) is 0 Å². The van der Waals surface area contributed by atoms with E-state index in [1.54, 1.807) is 0 Å². The molecule has 185 valence electrons. The normalized spacial score (nSPS) is 10.7. The molecule has 7 heteroatoms. The standard InChI is InChI=1S/C24H41B2N3.C3H7BN/c1-20(2)14-11-17-27(18-12-15-25-28(21(3)4)22(5)6)19-13-16-26-29(23(7)8)24(9)10;1-3(2)5-4/h20-24H,17-19H2,1-10H3;3H,1-2H3. The minimum absolute atomic E-state index is 0.287. The van der Waals surface area contributed by atoms with Gasteiger partial charge in [0, 0.05) is 5.92 Å². The summed E-state index contributed by atoms with van der Waals surface area (Å²) in [6.07, 6.45) is 0. The molecule has 0 unspecified atom stereocenters. The molecule has 4 nitrogen and oxygen atoms in total. The summed E-state index contributed by atoms with van der Waals surface area (Å²) in [5, 5.41) is 0. The Balaban J connectivity index is 0. The van der Waals surface area contributed by atoms with Crippen molar-refractivity contribution >= 4 is 22.5 Å². The van der Waals surface area contributed by atoms with Crippen molar-refractivity contribution in [3.05, 3.63) is 0 Å². The van der Waals surface area contributed by atoms with Crippen LogP contribution >= 0.6 is 0 Å². The second kappa shape index (κ2) is 20.9. The molecule has 0 saturated heterocycles. The zero-order valence-corrected chi connectivity index (χ0v) is 24.1. The van der Waals surface area contributed by atoms with Crippen LogP contribution in [0, 0.1) is 41.2 Å². The van der Waals surface area contributed by atoms with Gasteiger partial charge >= 0.3 is 47.3 Å². The molecule has 3 radical (unpaired) electrons. The van der Waals surface area contributed by atoms with E-state index in [1.165, 1.54) is 0 Å². The van der Waals surface area contributed by atoms with Crippen LogP contribution in [0.2, 0.25) is 0 Å². The van der Waals surface area contributed by atoms with Gasteiger partial charge in [-0.2, -0.15) is 0 Å². The van der Waals surface area contributed by atoms with Crippen LogP contribution in [-0.4, -0.2) is 86.8 Å². The van der Waals surface area contributed by atoms with Gasteiger partial charge in [-0.3, -0.25) is 4.90 Å². The van der Waals surface area contributed by atoms with E-state index in [9.17, 15) is 0 Å². The molecular formula is C27H48B3N4. The number of rotatable bonds is 10. The second-order valence-electron chi connectivity index (χ2n) is 10.0. The second-order valence-corrected chi connectivity index (χ2v) is 10.0. The van der Waals surface area contributed by atoms with E-state index in [0.29, 0.717) is 49.7 Å². The van der Waals surface area contributed by atoms with Gasteiger partial charge < -0.3 is 9.62 Å². The molecule has 0 spiro atoms. The molecule has 0 fully saturated rings. The SMILES string of the molecule is CC(C)C#CCN(CC#C[B]N(C(C)C)C(C)C)CC#C[B]N(C(C)C)C(C)C.[B]=NC(C)C. The van der Waals surface area contributed by atoms with E-state index in [1.807, 2.05) is 28.7 Å². The third-order valence-corrected chi connectivity index (χ3v) is 4.61. The van der Waals surface area contributed by atoms with Gasteiger partial charge in [-0.1, -0.05) is 92.9 Å². The van der Waals surface area contributed by atoms with Crippen molar-refractivity contribution in [2.45, 2.75) is 113 Å². The Kier molecular flexibility index (Phi) is 21.3. The van der Waals surface area contributed by atoms with E-state index in [2.05, 4.69) is 124 Å². The summed E-state index contributed by atoms with van der Waals surface area (Å²) >= 11 is 0. The summed E-state index contributed by atoms with van der Waals surface area (Å²) in [6, 6.07) is 2.08. The van der Waals surface area contributed by atoms with Gasteiger partial charge in [0.05, 0.1) is 19.6 Å². The predicted molar refractivity (Wildman–Crippen MR) is 154 cm³/mol. The molecule has 34 heavy (non-hydrogen) atoms. The fourth-order valence-corrected chi connectivity index (χ4v) is 2.87. The van der Waals surface area contributed by atoms with E-state index < -0.39 is 0 Å². The van der Waals surface area contributed by atoms with Crippen LogP contribution in [0.25, 0.3) is 0 Å². The van der Waals surface area contributed by atoms with Crippen molar-refractivity contribution in [1.29, 1.82) is 0 Å². The molecule has 0 aliphatic carbocycles. The van der Waals surface area contributed by atoms with Gasteiger partial charge in [0.15, 0.2) is 0 Å². The Morgan fingerprint density at radius 3 is 1.21 bits per heavy atom. The molecular weight excluding hydrogens is 413 g/mol. The van der Waals surface area contributed by atoms with Crippen LogP contribution in [0.3, 0.4) is 0 Å². The Labute approximate surface area is 216 Å². The summed E-state index contributed by atoms with van der Waals surface area (Å²) in [4.78, 5) is 10.1. The fraction of sp³-hybridized carbons (Fsp3) is 0.778. The zero-order chi connectivity index (χ0) is 26.7. The average molecular weight is 461 g/mol. The first kappa shape index (κ1) is 34.7. The molecule has 0 aromatic rings. The quantitative estimate of drug-likeness (QED) is 0.362. The van der Waals surface area contributed by atoms with Gasteiger partial charge in [-0.15, -0.1) is 11.6 Å². The number of nitrogens with zero attached hydrogens (tertiary/aromatic N) is 4. The van der Waals surface area contributed by atoms with Gasteiger partial charge in [0.1, 0.15) is 0 Å². The first-order valence-corrected chi connectivity index (χ1v) is 12.6. The number of hydrogen-bond acceptors (Lipinski definition) is 4. The molecule has 0 aromatic carbocycles. The third kappa shape index (κ3) is 20.0. The van der Waals surface area contributed by atoms with Gasteiger partial charge in [0.2, 0.25) is 0 Å². The van der Waals surface area contributed by atoms with Crippen LogP contribution < -0.4 is 0 Å². The van der Waals surface area contributed by atoms with E-state index in [4.69, 9.17) is 7.64 Å². The van der Waals surface area contributed by atoms with Crippen molar-refractivity contribution in [2.75, 3.05) is 19.6 Å². The van der Waals surface area contributed by atoms with Crippen molar-refractivity contribution in [3.8, 4) is 35.3 Å². The Morgan fingerprint density at radius 1 is 0.618 bits per heavy atom. The topological polar surface area (TPSA) is 22.1 Å². The van der Waals surface area contributed by atoms with E-state index >= 15 is 0 Å². The summed E-state index contributed by atoms with van der Waals surface area (Å²) in [7, 11) is 8.82. The molecule has 0 rings (SSSR count). The van der Waals surface area contributed by atoms with Gasteiger partial charge in [-0.05, 0) is 24.2 Å². The maximum absolute atomic E-state index is 4.80. The van der Waals surface area contributed by atoms with Gasteiger partial charge in [0.25, 0.3) is 0 Å². The van der Waals surface area contributed by atoms with Crippen LogP contribution in [0.4, 0.5) is 0 Å². The summed E-state index contributed by atoms with van der Waals surface area (Å²) in [5.74, 6) is 19.8. The van der Waals surface area contributed by atoms with Crippen molar-refractivity contribution in [2.24, 2.45) is 10.8 Å². The Hall–Kier alpha value is -1.45. The van der Waals surface area contributed by atoms with E-state index in [-0.39, 0.29) is 6.04 Å². The summed E-state index contributed by atoms with van der Waals surface area (Å²) in [5.41, 5.74) is 0. The van der Waals surface area contributed by atoms with Crippen LogP contribution in [0.15, 0.2) is 4.90 Å². The minimum atomic E-state index is 0.287. The number of hydrogen-bond donors (Lipinski definition) is 0. The van der Waals surface area contributed by atoms with Crippen LogP contribution in [-0.2, 0) is 0 Å². The molecule has 0 aliphatic rings. The van der Waals surface area contributed by atoms with Crippen LogP contribution in [0.1, 0.15) is 83.1 Å². The first-order chi connectivity index (χ1) is 15.8. The van der Waals surface area contributed by atoms with Gasteiger partial charge in [-0.25, -0.2) is 0 Å². The zero-order valence-electron chi connectivity index (χ0n) is 24.1.